The first kappa shape index (κ1) is 22.2. The van der Waals surface area contributed by atoms with E-state index in [2.05, 4.69) is 19.6 Å². The first-order chi connectivity index (χ1) is 14.2. The van der Waals surface area contributed by atoms with E-state index in [1.807, 2.05) is 6.92 Å². The Bertz CT molecular complexity index is 1210. The van der Waals surface area contributed by atoms with Gasteiger partial charge in [-0.3, -0.25) is 4.72 Å². The largest absolute Gasteiger partial charge is 0.497 e. The van der Waals surface area contributed by atoms with Crippen LogP contribution in [0.15, 0.2) is 58.3 Å². The molecule has 0 aliphatic heterocycles. The molecular weight excluding hydrogens is 448 g/mol. The Morgan fingerprint density at radius 1 is 0.900 bits per heavy atom. The number of sulfonamides is 2. The molecule has 160 valence electrons. The lowest BCUT2D eigenvalue weighted by molar-refractivity contribution is 0.414. The molecule has 12 heteroatoms. The van der Waals surface area contributed by atoms with Crippen molar-refractivity contribution in [3.05, 3.63) is 59.1 Å². The van der Waals surface area contributed by atoms with Crippen LogP contribution in [0.4, 0.5) is 5.13 Å². The summed E-state index contributed by atoms with van der Waals surface area (Å²) in [6.45, 7) is 1.98. The molecule has 1 aromatic heterocycles. The molecule has 0 unspecified atom stereocenters. The summed E-state index contributed by atoms with van der Waals surface area (Å²) in [5.41, 5.74) is 0.965. The van der Waals surface area contributed by atoms with Crippen LogP contribution < -0.4 is 14.2 Å². The van der Waals surface area contributed by atoms with Gasteiger partial charge in [0.15, 0.2) is 0 Å². The summed E-state index contributed by atoms with van der Waals surface area (Å²) in [5.74, 6) is 0.542. The number of nitrogens with one attached hydrogen (secondary N) is 2. The zero-order chi connectivity index (χ0) is 21.8. The van der Waals surface area contributed by atoms with E-state index in [1.165, 1.54) is 31.4 Å². The van der Waals surface area contributed by atoms with Crippen LogP contribution in [0.5, 0.6) is 5.75 Å². The summed E-state index contributed by atoms with van der Waals surface area (Å²) in [7, 11) is -5.95. The minimum atomic E-state index is -3.82. The average Bonchev–Trinajstić information content (AvgIpc) is 3.14. The van der Waals surface area contributed by atoms with Crippen molar-refractivity contribution in [2.45, 2.75) is 23.1 Å². The van der Waals surface area contributed by atoms with Crippen LogP contribution in [-0.4, -0.2) is 40.7 Å². The minimum Gasteiger partial charge on any atom is -0.497 e. The number of methoxy groups -OCH3 is 1. The summed E-state index contributed by atoms with van der Waals surface area (Å²) in [6.07, 6.45) is 0.271. The molecule has 0 atom stereocenters. The molecule has 0 radical (unpaired) electrons. The number of anilines is 1. The number of benzene rings is 2. The first-order valence-corrected chi connectivity index (χ1v) is 12.5. The Kier molecular flexibility index (Phi) is 6.71. The van der Waals surface area contributed by atoms with E-state index in [4.69, 9.17) is 4.74 Å². The fourth-order valence-electron chi connectivity index (χ4n) is 2.42. The molecule has 2 aromatic carbocycles. The lowest BCUT2D eigenvalue weighted by atomic mass is 10.2. The van der Waals surface area contributed by atoms with E-state index in [-0.39, 0.29) is 27.9 Å². The van der Waals surface area contributed by atoms with Gasteiger partial charge in [-0.2, -0.15) is 0 Å². The third-order valence-electron chi connectivity index (χ3n) is 4.02. The molecule has 3 rings (SSSR count). The number of aryl methyl sites for hydroxylation is 1. The van der Waals surface area contributed by atoms with Gasteiger partial charge in [0.2, 0.25) is 15.2 Å². The van der Waals surface area contributed by atoms with Gasteiger partial charge in [0.1, 0.15) is 10.8 Å². The van der Waals surface area contributed by atoms with Crippen LogP contribution in [0.2, 0.25) is 0 Å². The fourth-order valence-corrected chi connectivity index (χ4v) is 5.42. The SMILES string of the molecule is COc1ccc(S(=O)(=O)Nc2nnc(CCNS(=O)(=O)c3ccc(C)cc3)s2)cc1. The van der Waals surface area contributed by atoms with Crippen molar-refractivity contribution in [2.75, 3.05) is 18.4 Å². The van der Waals surface area contributed by atoms with Crippen molar-refractivity contribution < 1.29 is 21.6 Å². The number of hydrogen-bond donors (Lipinski definition) is 2. The van der Waals surface area contributed by atoms with Gasteiger partial charge in [0, 0.05) is 13.0 Å². The van der Waals surface area contributed by atoms with Crippen molar-refractivity contribution in [1.82, 2.24) is 14.9 Å². The number of aromatic nitrogens is 2. The highest BCUT2D eigenvalue weighted by Gasteiger charge is 2.18. The highest BCUT2D eigenvalue weighted by molar-refractivity contribution is 7.93. The predicted molar refractivity (Wildman–Crippen MR) is 114 cm³/mol. The summed E-state index contributed by atoms with van der Waals surface area (Å²) < 4.78 is 59.3. The van der Waals surface area contributed by atoms with E-state index in [0.717, 1.165) is 16.9 Å². The molecule has 2 N–H and O–H groups in total. The average molecular weight is 469 g/mol. The monoisotopic (exact) mass is 468 g/mol. The molecule has 0 bridgehead atoms. The third-order valence-corrected chi connectivity index (χ3v) is 7.88. The second kappa shape index (κ2) is 9.08. The van der Waals surface area contributed by atoms with Gasteiger partial charge in [-0.1, -0.05) is 29.0 Å². The van der Waals surface area contributed by atoms with Crippen molar-refractivity contribution in [2.24, 2.45) is 0 Å². The molecule has 0 amide bonds. The van der Waals surface area contributed by atoms with Crippen LogP contribution in [0.1, 0.15) is 10.6 Å². The highest BCUT2D eigenvalue weighted by atomic mass is 32.2. The number of ether oxygens (including phenoxy) is 1. The Morgan fingerprint density at radius 2 is 1.50 bits per heavy atom. The van der Waals surface area contributed by atoms with Crippen LogP contribution in [0.3, 0.4) is 0 Å². The first-order valence-electron chi connectivity index (χ1n) is 8.75. The molecule has 9 nitrogen and oxygen atoms in total. The lowest BCUT2D eigenvalue weighted by Gasteiger charge is -2.06. The predicted octanol–water partition coefficient (Wildman–Crippen LogP) is 2.18. The van der Waals surface area contributed by atoms with Crippen molar-refractivity contribution >= 4 is 36.5 Å². The van der Waals surface area contributed by atoms with Gasteiger partial charge >= 0.3 is 0 Å². The Balaban J connectivity index is 1.59. The Labute approximate surface area is 179 Å². The van der Waals surface area contributed by atoms with Crippen LogP contribution in [0.25, 0.3) is 0 Å². The maximum Gasteiger partial charge on any atom is 0.263 e. The number of nitrogens with zero attached hydrogens (tertiary/aromatic N) is 2. The summed E-state index contributed by atoms with van der Waals surface area (Å²) in [6, 6.07) is 12.4. The topological polar surface area (TPSA) is 127 Å². The fraction of sp³-hybridized carbons (Fsp3) is 0.222. The maximum absolute atomic E-state index is 12.4. The molecule has 1 heterocycles. The van der Waals surface area contributed by atoms with Gasteiger partial charge < -0.3 is 4.74 Å². The van der Waals surface area contributed by atoms with E-state index in [1.54, 1.807) is 24.3 Å². The van der Waals surface area contributed by atoms with Crippen LogP contribution in [-0.2, 0) is 26.5 Å². The highest BCUT2D eigenvalue weighted by Crippen LogP contribution is 2.22. The Hall–Kier alpha value is -2.54. The lowest BCUT2D eigenvalue weighted by Crippen LogP contribution is -2.25. The number of hydrogen-bond acceptors (Lipinski definition) is 8. The van der Waals surface area contributed by atoms with Crippen LogP contribution >= 0.6 is 11.3 Å². The molecule has 0 spiro atoms. The second-order valence-electron chi connectivity index (χ2n) is 6.24. The van der Waals surface area contributed by atoms with E-state index in [0.29, 0.717) is 10.8 Å². The quantitative estimate of drug-likeness (QED) is 0.493. The molecule has 0 saturated carbocycles. The molecular formula is C18H20N4O5S3. The van der Waals surface area contributed by atoms with E-state index < -0.39 is 20.0 Å². The molecule has 0 saturated heterocycles. The van der Waals surface area contributed by atoms with Gasteiger partial charge in [-0.25, -0.2) is 21.6 Å². The van der Waals surface area contributed by atoms with Gasteiger partial charge in [-0.05, 0) is 43.3 Å². The zero-order valence-corrected chi connectivity index (χ0v) is 18.6. The smallest absolute Gasteiger partial charge is 0.263 e. The molecule has 0 aliphatic carbocycles. The van der Waals surface area contributed by atoms with Crippen molar-refractivity contribution in [3.63, 3.8) is 0 Å². The number of rotatable bonds is 9. The molecule has 0 aliphatic rings. The van der Waals surface area contributed by atoms with Gasteiger partial charge in [-0.15, -0.1) is 10.2 Å². The van der Waals surface area contributed by atoms with Gasteiger partial charge in [0.05, 0.1) is 16.9 Å². The summed E-state index contributed by atoms with van der Waals surface area (Å²) >= 11 is 1.04. The van der Waals surface area contributed by atoms with Crippen LogP contribution in [0, 0.1) is 6.92 Å². The minimum absolute atomic E-state index is 0.0610. The van der Waals surface area contributed by atoms with Crippen molar-refractivity contribution in [1.29, 1.82) is 0 Å². The van der Waals surface area contributed by atoms with Gasteiger partial charge in [0.25, 0.3) is 10.0 Å². The van der Waals surface area contributed by atoms with E-state index >= 15 is 0 Å². The van der Waals surface area contributed by atoms with Crippen molar-refractivity contribution in [3.8, 4) is 5.75 Å². The Morgan fingerprint density at radius 3 is 2.13 bits per heavy atom. The van der Waals surface area contributed by atoms with E-state index in [9.17, 15) is 16.8 Å². The zero-order valence-electron chi connectivity index (χ0n) is 16.2. The summed E-state index contributed by atoms with van der Waals surface area (Å²) in [5, 5.41) is 8.33. The third kappa shape index (κ3) is 5.53. The molecule has 0 fully saturated rings. The standard InChI is InChI=1S/C18H20N4O5S3/c1-13-3-7-15(8-4-13)29(23,24)19-12-11-17-20-21-18(28-17)22-30(25,26)16-9-5-14(27-2)6-10-16/h3-10,19H,11-12H2,1-2H3,(H,21,22). The molecule has 30 heavy (non-hydrogen) atoms. The molecule has 3 aromatic rings. The summed E-state index contributed by atoms with van der Waals surface area (Å²) in [4.78, 5) is 0.240. The second-order valence-corrected chi connectivity index (χ2v) is 10.8. The normalized spacial score (nSPS) is 11.9. The maximum atomic E-state index is 12.4.